The Morgan fingerprint density at radius 1 is 0.964 bits per heavy atom. The molecule has 146 valence electrons. The number of carbonyl (C=O) groups excluding carboxylic acids is 3. The number of ketones is 1. The molecule has 2 aromatic carbocycles. The van der Waals surface area contributed by atoms with Crippen LogP contribution in [0.5, 0.6) is 0 Å². The molecule has 0 aromatic heterocycles. The van der Waals surface area contributed by atoms with Gasteiger partial charge in [-0.15, -0.1) is 0 Å². The van der Waals surface area contributed by atoms with Crippen molar-refractivity contribution in [3.05, 3.63) is 70.7 Å². The smallest absolute Gasteiger partial charge is 0.249 e. The van der Waals surface area contributed by atoms with Gasteiger partial charge in [-0.2, -0.15) is 0 Å². The molecule has 1 heterocycles. The van der Waals surface area contributed by atoms with Crippen molar-refractivity contribution >= 4 is 29.2 Å². The lowest BCUT2D eigenvalue weighted by atomic mass is 10.0. The number of hydrogen-bond acceptors (Lipinski definition) is 3. The lowest BCUT2D eigenvalue weighted by Crippen LogP contribution is -2.41. The summed E-state index contributed by atoms with van der Waals surface area (Å²) in [5.74, 6) is -0.574. The minimum Gasteiger partial charge on any atom is -0.341 e. The Hall–Kier alpha value is -2.66. The van der Waals surface area contributed by atoms with Crippen LogP contribution in [0.25, 0.3) is 0 Å². The van der Waals surface area contributed by atoms with Crippen LogP contribution in [0, 0.1) is 0 Å². The molecule has 0 bridgehead atoms. The summed E-state index contributed by atoms with van der Waals surface area (Å²) in [4.78, 5) is 39.5. The molecule has 1 unspecified atom stereocenters. The number of halogens is 1. The monoisotopic (exact) mass is 398 g/mol. The number of Topliss-reactive ketones (excluding diaryl/α,β-unsaturated/α-hetero) is 1. The molecule has 28 heavy (non-hydrogen) atoms. The van der Waals surface area contributed by atoms with E-state index in [-0.39, 0.29) is 30.4 Å². The zero-order valence-corrected chi connectivity index (χ0v) is 16.3. The van der Waals surface area contributed by atoms with Crippen molar-refractivity contribution in [1.29, 1.82) is 0 Å². The molecule has 1 saturated heterocycles. The van der Waals surface area contributed by atoms with E-state index in [4.69, 9.17) is 11.6 Å². The largest absolute Gasteiger partial charge is 0.341 e. The van der Waals surface area contributed by atoms with E-state index in [1.165, 1.54) is 0 Å². The van der Waals surface area contributed by atoms with Crippen LogP contribution in [0.1, 0.15) is 47.6 Å². The van der Waals surface area contributed by atoms with Gasteiger partial charge in [0.15, 0.2) is 5.78 Å². The number of likely N-dealkylation sites (tertiary alicyclic amines) is 1. The van der Waals surface area contributed by atoms with Gasteiger partial charge in [0.2, 0.25) is 11.8 Å². The van der Waals surface area contributed by atoms with Crippen molar-refractivity contribution in [2.24, 2.45) is 0 Å². The quantitative estimate of drug-likeness (QED) is 0.721. The molecule has 2 amide bonds. The van der Waals surface area contributed by atoms with Gasteiger partial charge in [0, 0.05) is 36.5 Å². The normalized spacial score (nSPS) is 14.5. The highest BCUT2D eigenvalue weighted by Gasteiger charge is 2.29. The third-order valence-electron chi connectivity index (χ3n) is 4.83. The first-order valence-corrected chi connectivity index (χ1v) is 9.84. The SMILES string of the molecule is O=C(CCC(=O)c1cccc(Cl)c1)NC(C(=O)N1CCCC1)c1ccccc1. The van der Waals surface area contributed by atoms with Crippen LogP contribution >= 0.6 is 11.6 Å². The van der Waals surface area contributed by atoms with Crippen LogP contribution in [0.4, 0.5) is 0 Å². The second-order valence-electron chi connectivity index (χ2n) is 6.88. The van der Waals surface area contributed by atoms with Crippen LogP contribution in [-0.4, -0.2) is 35.6 Å². The fourth-order valence-corrected chi connectivity index (χ4v) is 3.51. The average molecular weight is 399 g/mol. The summed E-state index contributed by atoms with van der Waals surface area (Å²) in [6.45, 7) is 1.43. The highest BCUT2D eigenvalue weighted by atomic mass is 35.5. The van der Waals surface area contributed by atoms with E-state index in [2.05, 4.69) is 5.32 Å². The number of nitrogens with one attached hydrogen (secondary N) is 1. The summed E-state index contributed by atoms with van der Waals surface area (Å²) >= 11 is 5.91. The first-order chi connectivity index (χ1) is 13.5. The van der Waals surface area contributed by atoms with Gasteiger partial charge in [0.25, 0.3) is 0 Å². The Morgan fingerprint density at radius 2 is 1.68 bits per heavy atom. The highest BCUT2D eigenvalue weighted by Crippen LogP contribution is 2.20. The maximum Gasteiger partial charge on any atom is 0.249 e. The molecule has 0 saturated carbocycles. The molecule has 1 atom stereocenters. The highest BCUT2D eigenvalue weighted by molar-refractivity contribution is 6.31. The molecular weight excluding hydrogens is 376 g/mol. The fraction of sp³-hybridized carbons (Fsp3) is 0.318. The maximum absolute atomic E-state index is 12.9. The predicted molar refractivity (Wildman–Crippen MR) is 108 cm³/mol. The number of rotatable bonds is 7. The Bertz CT molecular complexity index is 848. The van der Waals surface area contributed by atoms with Crippen molar-refractivity contribution in [3.8, 4) is 0 Å². The number of nitrogens with zero attached hydrogens (tertiary/aromatic N) is 1. The molecule has 1 aliphatic heterocycles. The third kappa shape index (κ3) is 5.20. The second-order valence-corrected chi connectivity index (χ2v) is 7.31. The van der Waals surface area contributed by atoms with Gasteiger partial charge in [-0.1, -0.05) is 54.1 Å². The van der Waals surface area contributed by atoms with Crippen LogP contribution < -0.4 is 5.32 Å². The van der Waals surface area contributed by atoms with Crippen molar-refractivity contribution in [2.75, 3.05) is 13.1 Å². The van der Waals surface area contributed by atoms with E-state index in [1.807, 2.05) is 30.3 Å². The first-order valence-electron chi connectivity index (χ1n) is 9.46. The van der Waals surface area contributed by atoms with Gasteiger partial charge in [-0.25, -0.2) is 0 Å². The lowest BCUT2D eigenvalue weighted by molar-refractivity contribution is -0.135. The van der Waals surface area contributed by atoms with Crippen LogP contribution in [0.2, 0.25) is 5.02 Å². The standard InChI is InChI=1S/C22H23ClN2O3/c23-18-10-6-9-17(15-18)19(26)11-12-20(27)24-21(16-7-2-1-3-8-16)22(28)25-13-4-5-14-25/h1-3,6-10,15,21H,4-5,11-14H2,(H,24,27). The summed E-state index contributed by atoms with van der Waals surface area (Å²) in [5, 5.41) is 3.30. The molecule has 3 rings (SSSR count). The molecular formula is C22H23ClN2O3. The van der Waals surface area contributed by atoms with E-state index in [0.29, 0.717) is 23.7 Å². The van der Waals surface area contributed by atoms with Crippen LogP contribution in [-0.2, 0) is 9.59 Å². The molecule has 2 aromatic rings. The van der Waals surface area contributed by atoms with Crippen LogP contribution in [0.3, 0.4) is 0 Å². The summed E-state index contributed by atoms with van der Waals surface area (Å²) in [6, 6.07) is 15.1. The lowest BCUT2D eigenvalue weighted by Gasteiger charge is -2.24. The Kier molecular flexibility index (Phi) is 6.82. The number of carbonyl (C=O) groups is 3. The summed E-state index contributed by atoms with van der Waals surface area (Å²) in [7, 11) is 0. The predicted octanol–water partition coefficient (Wildman–Crippen LogP) is 3.78. The van der Waals surface area contributed by atoms with Crippen molar-refractivity contribution in [3.63, 3.8) is 0 Å². The van der Waals surface area contributed by atoms with E-state index in [9.17, 15) is 14.4 Å². The van der Waals surface area contributed by atoms with Crippen molar-refractivity contribution in [2.45, 2.75) is 31.7 Å². The van der Waals surface area contributed by atoms with Gasteiger partial charge in [0.1, 0.15) is 6.04 Å². The maximum atomic E-state index is 12.9. The summed E-state index contributed by atoms with van der Waals surface area (Å²) in [5.41, 5.74) is 1.22. The van der Waals surface area contributed by atoms with Crippen molar-refractivity contribution < 1.29 is 14.4 Å². The number of amides is 2. The third-order valence-corrected chi connectivity index (χ3v) is 5.06. The van der Waals surface area contributed by atoms with Gasteiger partial charge in [-0.3, -0.25) is 14.4 Å². The average Bonchev–Trinajstić information content (AvgIpc) is 3.25. The molecule has 6 heteroatoms. The van der Waals surface area contributed by atoms with Gasteiger partial charge in [0.05, 0.1) is 0 Å². The van der Waals surface area contributed by atoms with E-state index >= 15 is 0 Å². The molecule has 0 spiro atoms. The van der Waals surface area contributed by atoms with Crippen LogP contribution in [0.15, 0.2) is 54.6 Å². The minimum atomic E-state index is -0.729. The zero-order valence-electron chi connectivity index (χ0n) is 15.6. The Morgan fingerprint density at radius 3 is 2.36 bits per heavy atom. The van der Waals surface area contributed by atoms with E-state index in [0.717, 1.165) is 18.4 Å². The van der Waals surface area contributed by atoms with E-state index < -0.39 is 6.04 Å². The second kappa shape index (κ2) is 9.51. The van der Waals surface area contributed by atoms with Gasteiger partial charge >= 0.3 is 0 Å². The summed E-state index contributed by atoms with van der Waals surface area (Å²) < 4.78 is 0. The number of benzene rings is 2. The first kappa shape index (κ1) is 20.1. The van der Waals surface area contributed by atoms with Crippen molar-refractivity contribution in [1.82, 2.24) is 10.2 Å². The fourth-order valence-electron chi connectivity index (χ4n) is 3.32. The molecule has 1 aliphatic rings. The molecule has 0 aliphatic carbocycles. The van der Waals surface area contributed by atoms with Gasteiger partial charge < -0.3 is 10.2 Å². The molecule has 1 fully saturated rings. The minimum absolute atomic E-state index is 0.0158. The number of hydrogen-bond donors (Lipinski definition) is 1. The Balaban J connectivity index is 1.64. The molecule has 1 N–H and O–H groups in total. The van der Waals surface area contributed by atoms with Gasteiger partial charge in [-0.05, 0) is 30.5 Å². The summed E-state index contributed by atoms with van der Waals surface area (Å²) in [6.07, 6.45) is 2.04. The topological polar surface area (TPSA) is 66.5 Å². The molecule has 5 nitrogen and oxygen atoms in total. The Labute approximate surface area is 169 Å². The zero-order chi connectivity index (χ0) is 19.9. The van der Waals surface area contributed by atoms with E-state index in [1.54, 1.807) is 29.2 Å². The molecule has 0 radical (unpaired) electrons.